The SMILES string of the molecule is Cc1ccc(C)c2c1C(=O)C(=O)N2CCS(=O)(=O)C(C)C. The van der Waals surface area contributed by atoms with Gasteiger partial charge < -0.3 is 4.90 Å². The van der Waals surface area contributed by atoms with Crippen molar-refractivity contribution in [2.45, 2.75) is 32.9 Å². The van der Waals surface area contributed by atoms with Crippen LogP contribution in [0.4, 0.5) is 5.69 Å². The lowest BCUT2D eigenvalue weighted by molar-refractivity contribution is -0.114. The molecule has 1 aromatic rings. The number of aryl methyl sites for hydroxylation is 2. The maximum Gasteiger partial charge on any atom is 0.299 e. The van der Waals surface area contributed by atoms with E-state index in [2.05, 4.69) is 0 Å². The molecule has 6 heteroatoms. The number of hydrogen-bond donors (Lipinski definition) is 0. The zero-order valence-electron chi connectivity index (χ0n) is 12.6. The van der Waals surface area contributed by atoms with E-state index in [1.54, 1.807) is 26.8 Å². The molecule has 1 amide bonds. The minimum absolute atomic E-state index is 0.0163. The average Bonchev–Trinajstić information content (AvgIpc) is 2.66. The van der Waals surface area contributed by atoms with Crippen molar-refractivity contribution in [3.05, 3.63) is 28.8 Å². The van der Waals surface area contributed by atoms with Crippen LogP contribution in [0.1, 0.15) is 35.3 Å². The fourth-order valence-electron chi connectivity index (χ4n) is 2.43. The number of rotatable bonds is 4. The Balaban J connectivity index is 2.39. The molecule has 5 nitrogen and oxygen atoms in total. The molecule has 0 unspecified atom stereocenters. The highest BCUT2D eigenvalue weighted by Crippen LogP contribution is 2.34. The molecule has 1 aromatic carbocycles. The molecule has 0 aromatic heterocycles. The van der Waals surface area contributed by atoms with Crippen LogP contribution in [0.25, 0.3) is 0 Å². The number of carbonyl (C=O) groups excluding carboxylic acids is 2. The largest absolute Gasteiger partial charge is 0.303 e. The maximum atomic E-state index is 12.1. The first kappa shape index (κ1) is 15.7. The third kappa shape index (κ3) is 2.60. The summed E-state index contributed by atoms with van der Waals surface area (Å²) in [4.78, 5) is 25.5. The number of fused-ring (bicyclic) bond motifs is 1. The number of hydrogen-bond acceptors (Lipinski definition) is 4. The quantitative estimate of drug-likeness (QED) is 0.793. The molecule has 0 aliphatic carbocycles. The van der Waals surface area contributed by atoms with E-state index < -0.39 is 26.8 Å². The van der Waals surface area contributed by atoms with Gasteiger partial charge in [0.1, 0.15) is 0 Å². The molecule has 0 fully saturated rings. The molecule has 114 valence electrons. The number of carbonyl (C=O) groups is 2. The molecule has 1 aliphatic heterocycles. The van der Waals surface area contributed by atoms with E-state index in [1.165, 1.54) is 4.90 Å². The fourth-order valence-corrected chi connectivity index (χ4v) is 3.34. The molecule has 0 saturated heterocycles. The highest BCUT2D eigenvalue weighted by molar-refractivity contribution is 7.92. The highest BCUT2D eigenvalue weighted by atomic mass is 32.2. The fraction of sp³-hybridized carbons (Fsp3) is 0.467. The number of benzene rings is 1. The van der Waals surface area contributed by atoms with Crippen molar-refractivity contribution in [1.29, 1.82) is 0 Å². The van der Waals surface area contributed by atoms with Crippen LogP contribution in [0, 0.1) is 13.8 Å². The lowest BCUT2D eigenvalue weighted by Crippen LogP contribution is -2.35. The zero-order chi connectivity index (χ0) is 15.9. The summed E-state index contributed by atoms with van der Waals surface area (Å²) in [5.74, 6) is -1.33. The average molecular weight is 309 g/mol. The molecule has 1 heterocycles. The van der Waals surface area contributed by atoms with Crippen LogP contribution in [-0.2, 0) is 14.6 Å². The summed E-state index contributed by atoms with van der Waals surface area (Å²) >= 11 is 0. The molecule has 0 N–H and O–H groups in total. The smallest absolute Gasteiger partial charge is 0.299 e. The monoisotopic (exact) mass is 309 g/mol. The van der Waals surface area contributed by atoms with Gasteiger partial charge >= 0.3 is 0 Å². The third-order valence-electron chi connectivity index (χ3n) is 3.84. The van der Waals surface area contributed by atoms with Gasteiger partial charge in [0.15, 0.2) is 9.84 Å². The Hall–Kier alpha value is -1.69. The number of anilines is 1. The summed E-state index contributed by atoms with van der Waals surface area (Å²) in [6.45, 7) is 6.82. The number of amides is 1. The molecular formula is C15H19NO4S. The molecule has 0 atom stereocenters. The number of nitrogens with zero attached hydrogens (tertiary/aromatic N) is 1. The van der Waals surface area contributed by atoms with E-state index in [0.29, 0.717) is 11.3 Å². The van der Waals surface area contributed by atoms with Crippen LogP contribution >= 0.6 is 0 Å². The first-order valence-electron chi connectivity index (χ1n) is 6.84. The van der Waals surface area contributed by atoms with Gasteiger partial charge in [-0.2, -0.15) is 0 Å². The van der Waals surface area contributed by atoms with Crippen LogP contribution in [-0.4, -0.2) is 37.7 Å². The van der Waals surface area contributed by atoms with Gasteiger partial charge in [0.2, 0.25) is 0 Å². The van der Waals surface area contributed by atoms with E-state index >= 15 is 0 Å². The summed E-state index contributed by atoms with van der Waals surface area (Å²) in [6.07, 6.45) is 0. The van der Waals surface area contributed by atoms with Crippen molar-refractivity contribution < 1.29 is 18.0 Å². The Bertz CT molecular complexity index is 719. The zero-order valence-corrected chi connectivity index (χ0v) is 13.5. The number of ketones is 1. The van der Waals surface area contributed by atoms with Gasteiger partial charge in [-0.25, -0.2) is 8.42 Å². The molecule has 2 rings (SSSR count). The van der Waals surface area contributed by atoms with Crippen LogP contribution in [0.3, 0.4) is 0 Å². The van der Waals surface area contributed by atoms with Gasteiger partial charge in [0.25, 0.3) is 11.7 Å². The van der Waals surface area contributed by atoms with Crippen LogP contribution in [0.15, 0.2) is 12.1 Å². The minimum Gasteiger partial charge on any atom is -0.303 e. The van der Waals surface area contributed by atoms with E-state index in [9.17, 15) is 18.0 Å². The van der Waals surface area contributed by atoms with E-state index in [0.717, 1.165) is 11.1 Å². The van der Waals surface area contributed by atoms with Gasteiger partial charge in [0.05, 0.1) is 22.3 Å². The Morgan fingerprint density at radius 2 is 1.67 bits per heavy atom. The first-order valence-corrected chi connectivity index (χ1v) is 8.56. The van der Waals surface area contributed by atoms with Gasteiger partial charge in [-0.3, -0.25) is 9.59 Å². The normalized spacial score (nSPS) is 15.0. The van der Waals surface area contributed by atoms with E-state index in [1.807, 2.05) is 13.0 Å². The van der Waals surface area contributed by atoms with Crippen molar-refractivity contribution in [2.24, 2.45) is 0 Å². The van der Waals surface area contributed by atoms with Gasteiger partial charge in [-0.15, -0.1) is 0 Å². The standard InChI is InChI=1S/C15H19NO4S/c1-9(2)21(19,20)8-7-16-13-11(4)6-5-10(3)12(13)14(17)15(16)18/h5-6,9H,7-8H2,1-4H3. The number of sulfone groups is 1. The van der Waals surface area contributed by atoms with Crippen molar-refractivity contribution in [1.82, 2.24) is 0 Å². The lowest BCUT2D eigenvalue weighted by Gasteiger charge is -2.19. The lowest BCUT2D eigenvalue weighted by atomic mass is 10.0. The van der Waals surface area contributed by atoms with Crippen molar-refractivity contribution in [2.75, 3.05) is 17.2 Å². The summed E-state index contributed by atoms with van der Waals surface area (Å²) < 4.78 is 23.8. The van der Waals surface area contributed by atoms with E-state index in [-0.39, 0.29) is 12.3 Å². The Morgan fingerprint density at radius 1 is 1.10 bits per heavy atom. The topological polar surface area (TPSA) is 71.5 Å². The summed E-state index contributed by atoms with van der Waals surface area (Å²) in [5.41, 5.74) is 2.51. The Kier molecular flexibility index (Phi) is 3.93. The molecule has 0 radical (unpaired) electrons. The number of Topliss-reactive ketones (excluding diaryl/α,β-unsaturated/α-hetero) is 1. The molecule has 21 heavy (non-hydrogen) atoms. The highest BCUT2D eigenvalue weighted by Gasteiger charge is 2.38. The third-order valence-corrected chi connectivity index (χ3v) is 6.03. The molecular weight excluding hydrogens is 290 g/mol. The molecule has 0 saturated carbocycles. The molecule has 0 spiro atoms. The second-order valence-corrected chi connectivity index (χ2v) is 8.30. The maximum absolute atomic E-state index is 12.1. The molecule has 1 aliphatic rings. The van der Waals surface area contributed by atoms with Crippen LogP contribution < -0.4 is 4.90 Å². The predicted octanol–water partition coefficient (Wildman–Crippen LogP) is 1.66. The first-order chi connectivity index (χ1) is 9.66. The van der Waals surface area contributed by atoms with E-state index in [4.69, 9.17) is 0 Å². The van der Waals surface area contributed by atoms with Crippen LogP contribution in [0.5, 0.6) is 0 Å². The van der Waals surface area contributed by atoms with Crippen molar-refractivity contribution in [3.63, 3.8) is 0 Å². The minimum atomic E-state index is -3.26. The predicted molar refractivity (Wildman–Crippen MR) is 81.5 cm³/mol. The summed E-state index contributed by atoms with van der Waals surface area (Å²) in [6, 6.07) is 3.64. The van der Waals surface area contributed by atoms with Crippen molar-refractivity contribution in [3.8, 4) is 0 Å². The van der Waals surface area contributed by atoms with Gasteiger partial charge in [-0.1, -0.05) is 12.1 Å². The van der Waals surface area contributed by atoms with Crippen LogP contribution in [0.2, 0.25) is 0 Å². The summed E-state index contributed by atoms with van der Waals surface area (Å²) in [7, 11) is -3.26. The van der Waals surface area contributed by atoms with Gasteiger partial charge in [0, 0.05) is 6.54 Å². The Morgan fingerprint density at radius 3 is 2.24 bits per heavy atom. The second-order valence-electron chi connectivity index (χ2n) is 5.62. The summed E-state index contributed by atoms with van der Waals surface area (Å²) in [5, 5.41) is -0.496. The second kappa shape index (κ2) is 5.26. The Labute approximate surface area is 124 Å². The van der Waals surface area contributed by atoms with Crippen molar-refractivity contribution >= 4 is 27.2 Å². The van der Waals surface area contributed by atoms with Gasteiger partial charge in [-0.05, 0) is 38.8 Å². The molecule has 0 bridgehead atoms.